The molecule has 6 nitrogen and oxygen atoms in total. The molecule has 0 aromatic heterocycles. The van der Waals surface area contributed by atoms with Gasteiger partial charge >= 0.3 is 6.03 Å². The van der Waals surface area contributed by atoms with Gasteiger partial charge in [-0.05, 0) is 43.2 Å². The van der Waals surface area contributed by atoms with Crippen LogP contribution in [-0.4, -0.2) is 38.1 Å². The van der Waals surface area contributed by atoms with Crippen molar-refractivity contribution in [1.29, 1.82) is 0 Å². The molecule has 3 amide bonds. The van der Waals surface area contributed by atoms with Gasteiger partial charge in [0.25, 0.3) is 0 Å². The van der Waals surface area contributed by atoms with Crippen LogP contribution in [0.1, 0.15) is 18.9 Å². The molecule has 2 aromatic carbocycles. The Morgan fingerprint density at radius 1 is 0.964 bits per heavy atom. The second kappa shape index (κ2) is 11.6. The second-order valence-corrected chi connectivity index (χ2v) is 6.28. The molecule has 0 bridgehead atoms. The van der Waals surface area contributed by atoms with Crippen LogP contribution in [0.3, 0.4) is 0 Å². The summed E-state index contributed by atoms with van der Waals surface area (Å²) in [6.45, 7) is 4.55. The molecule has 2 aromatic rings. The molecule has 7 heteroatoms. The van der Waals surface area contributed by atoms with E-state index in [1.807, 2.05) is 18.2 Å². The SMILES string of the molecule is CCN(CCCNC(=O)CNC(=O)NCc1ccc(F)cc1)c1ccccc1. The highest BCUT2D eigenvalue weighted by Gasteiger charge is 2.06. The maximum absolute atomic E-state index is 12.8. The van der Waals surface area contributed by atoms with Crippen molar-refractivity contribution in [3.63, 3.8) is 0 Å². The van der Waals surface area contributed by atoms with E-state index in [9.17, 15) is 14.0 Å². The van der Waals surface area contributed by atoms with E-state index in [4.69, 9.17) is 0 Å². The lowest BCUT2D eigenvalue weighted by Crippen LogP contribution is -2.42. The Labute approximate surface area is 165 Å². The lowest BCUT2D eigenvalue weighted by atomic mass is 10.2. The number of para-hydroxylation sites is 1. The van der Waals surface area contributed by atoms with Crippen molar-refractivity contribution in [1.82, 2.24) is 16.0 Å². The minimum Gasteiger partial charge on any atom is -0.372 e. The van der Waals surface area contributed by atoms with E-state index in [1.54, 1.807) is 12.1 Å². The second-order valence-electron chi connectivity index (χ2n) is 6.28. The molecule has 0 unspecified atom stereocenters. The first-order valence-corrected chi connectivity index (χ1v) is 9.41. The summed E-state index contributed by atoms with van der Waals surface area (Å²) in [6.07, 6.45) is 0.811. The van der Waals surface area contributed by atoms with Gasteiger partial charge in [-0.15, -0.1) is 0 Å². The van der Waals surface area contributed by atoms with Crippen molar-refractivity contribution in [2.45, 2.75) is 19.9 Å². The van der Waals surface area contributed by atoms with Gasteiger partial charge in [-0.3, -0.25) is 4.79 Å². The number of carbonyl (C=O) groups excluding carboxylic acids is 2. The molecule has 150 valence electrons. The Hall–Kier alpha value is -3.09. The first-order chi connectivity index (χ1) is 13.6. The molecule has 0 atom stereocenters. The predicted octanol–water partition coefficient (Wildman–Crippen LogP) is 2.66. The summed E-state index contributed by atoms with van der Waals surface area (Å²) < 4.78 is 12.8. The first-order valence-electron chi connectivity index (χ1n) is 9.41. The average molecular weight is 386 g/mol. The van der Waals surface area contributed by atoms with Crippen molar-refractivity contribution >= 4 is 17.6 Å². The number of halogens is 1. The van der Waals surface area contributed by atoms with Gasteiger partial charge in [-0.2, -0.15) is 0 Å². The van der Waals surface area contributed by atoms with Crippen molar-refractivity contribution in [3.8, 4) is 0 Å². The summed E-state index contributed by atoms with van der Waals surface area (Å²) in [5.74, 6) is -0.560. The zero-order chi connectivity index (χ0) is 20.2. The number of carbonyl (C=O) groups is 2. The van der Waals surface area contributed by atoms with Crippen LogP contribution in [0.15, 0.2) is 54.6 Å². The van der Waals surface area contributed by atoms with Crippen molar-refractivity contribution in [3.05, 3.63) is 66.0 Å². The number of hydrogen-bond acceptors (Lipinski definition) is 3. The standard InChI is InChI=1S/C21H27FN4O2/c1-2-26(19-7-4-3-5-8-19)14-6-13-23-20(27)16-25-21(28)24-15-17-9-11-18(22)12-10-17/h3-5,7-12H,2,6,13-16H2,1H3,(H,23,27)(H2,24,25,28). The Morgan fingerprint density at radius 2 is 1.68 bits per heavy atom. The van der Waals surface area contributed by atoms with Crippen LogP contribution < -0.4 is 20.9 Å². The van der Waals surface area contributed by atoms with E-state index in [0.29, 0.717) is 6.54 Å². The number of nitrogens with zero attached hydrogens (tertiary/aromatic N) is 1. The van der Waals surface area contributed by atoms with Gasteiger partial charge in [0, 0.05) is 31.9 Å². The highest BCUT2D eigenvalue weighted by Crippen LogP contribution is 2.12. The minimum atomic E-state index is -0.444. The number of urea groups is 1. The maximum atomic E-state index is 12.8. The van der Waals surface area contributed by atoms with Crippen LogP contribution in [0.5, 0.6) is 0 Å². The highest BCUT2D eigenvalue weighted by molar-refractivity contribution is 5.83. The summed E-state index contributed by atoms with van der Waals surface area (Å²) in [6, 6.07) is 15.5. The average Bonchev–Trinajstić information content (AvgIpc) is 2.72. The molecule has 0 aliphatic rings. The summed E-state index contributed by atoms with van der Waals surface area (Å²) in [5.41, 5.74) is 1.94. The Kier molecular flexibility index (Phi) is 8.78. The van der Waals surface area contributed by atoms with Crippen molar-refractivity contribution < 1.29 is 14.0 Å². The van der Waals surface area contributed by atoms with E-state index in [0.717, 1.165) is 30.8 Å². The number of amides is 3. The van der Waals surface area contributed by atoms with Gasteiger partial charge < -0.3 is 20.9 Å². The van der Waals surface area contributed by atoms with Crippen LogP contribution in [0.25, 0.3) is 0 Å². The molecular weight excluding hydrogens is 359 g/mol. The third-order valence-electron chi connectivity index (χ3n) is 4.21. The van der Waals surface area contributed by atoms with E-state index in [-0.39, 0.29) is 24.8 Å². The van der Waals surface area contributed by atoms with Crippen LogP contribution in [0.2, 0.25) is 0 Å². The quantitative estimate of drug-likeness (QED) is 0.550. The summed E-state index contributed by atoms with van der Waals surface area (Å²) in [4.78, 5) is 25.8. The van der Waals surface area contributed by atoms with Gasteiger partial charge in [0.1, 0.15) is 5.82 Å². The number of rotatable bonds is 10. The molecule has 0 fully saturated rings. The minimum absolute atomic E-state index is 0.0918. The van der Waals surface area contributed by atoms with E-state index in [2.05, 4.69) is 39.9 Å². The van der Waals surface area contributed by atoms with Gasteiger partial charge in [0.2, 0.25) is 5.91 Å². The molecule has 0 spiro atoms. The number of anilines is 1. The van der Waals surface area contributed by atoms with Crippen LogP contribution >= 0.6 is 0 Å². The molecule has 0 saturated heterocycles. The predicted molar refractivity (Wildman–Crippen MR) is 109 cm³/mol. The van der Waals surface area contributed by atoms with Gasteiger partial charge in [0.15, 0.2) is 0 Å². The summed E-state index contributed by atoms with van der Waals surface area (Å²) in [5, 5.41) is 7.93. The molecular formula is C21H27FN4O2. The molecule has 0 heterocycles. The van der Waals surface area contributed by atoms with E-state index < -0.39 is 6.03 Å². The molecule has 0 saturated carbocycles. The fourth-order valence-corrected chi connectivity index (χ4v) is 2.68. The summed E-state index contributed by atoms with van der Waals surface area (Å²) in [7, 11) is 0. The van der Waals surface area contributed by atoms with Gasteiger partial charge in [-0.25, -0.2) is 9.18 Å². The lowest BCUT2D eigenvalue weighted by Gasteiger charge is -2.23. The Morgan fingerprint density at radius 3 is 2.36 bits per heavy atom. The normalized spacial score (nSPS) is 10.2. The zero-order valence-corrected chi connectivity index (χ0v) is 16.1. The molecule has 28 heavy (non-hydrogen) atoms. The third kappa shape index (κ3) is 7.65. The summed E-state index contributed by atoms with van der Waals surface area (Å²) >= 11 is 0. The van der Waals surface area contributed by atoms with E-state index in [1.165, 1.54) is 12.1 Å². The monoisotopic (exact) mass is 386 g/mol. The molecule has 0 radical (unpaired) electrons. The van der Waals surface area contributed by atoms with Crippen LogP contribution in [0, 0.1) is 5.82 Å². The zero-order valence-electron chi connectivity index (χ0n) is 16.1. The number of nitrogens with one attached hydrogen (secondary N) is 3. The number of hydrogen-bond donors (Lipinski definition) is 3. The van der Waals surface area contributed by atoms with Gasteiger partial charge in [0.05, 0.1) is 6.54 Å². The van der Waals surface area contributed by atoms with Crippen LogP contribution in [-0.2, 0) is 11.3 Å². The van der Waals surface area contributed by atoms with Gasteiger partial charge in [-0.1, -0.05) is 30.3 Å². The topological polar surface area (TPSA) is 73.5 Å². The van der Waals surface area contributed by atoms with Crippen molar-refractivity contribution in [2.24, 2.45) is 0 Å². The molecule has 0 aliphatic heterocycles. The Balaban J connectivity index is 1.58. The van der Waals surface area contributed by atoms with Crippen molar-refractivity contribution in [2.75, 3.05) is 31.1 Å². The Bertz CT molecular complexity index is 738. The molecule has 3 N–H and O–H groups in total. The fourth-order valence-electron chi connectivity index (χ4n) is 2.68. The lowest BCUT2D eigenvalue weighted by molar-refractivity contribution is -0.120. The first kappa shape index (κ1) is 21.2. The van der Waals surface area contributed by atoms with Crippen LogP contribution in [0.4, 0.5) is 14.9 Å². The smallest absolute Gasteiger partial charge is 0.315 e. The maximum Gasteiger partial charge on any atom is 0.315 e. The van der Waals surface area contributed by atoms with E-state index >= 15 is 0 Å². The fraction of sp³-hybridized carbons (Fsp3) is 0.333. The number of benzene rings is 2. The highest BCUT2D eigenvalue weighted by atomic mass is 19.1. The third-order valence-corrected chi connectivity index (χ3v) is 4.21. The molecule has 2 rings (SSSR count). The largest absolute Gasteiger partial charge is 0.372 e. The molecule has 0 aliphatic carbocycles.